The molecular weight excluding hydrogens is 530 g/mol. The topological polar surface area (TPSA) is 96.2 Å². The number of halogens is 1. The number of nitrogens with one attached hydrogen (secondary N) is 1. The molecule has 36 heavy (non-hydrogen) atoms. The zero-order chi connectivity index (χ0) is 25.7. The number of methoxy groups -OCH3 is 2. The van der Waals surface area contributed by atoms with E-state index in [4.69, 9.17) is 23.4 Å². The standard InChI is InChI=1S/C27H24BrNO7/c1-4-34-18-11-9-17(10-12-18)29-23(30)15-35-27-24(31)19-7-5-6-8-21(19)36-25(27)16-13-20(28)26(33-3)22(14-16)32-2/h5-14H,4,15H2,1-3H3,(H,29,30). The highest BCUT2D eigenvalue weighted by atomic mass is 79.9. The van der Waals surface area contributed by atoms with Crippen molar-refractivity contribution in [1.29, 1.82) is 0 Å². The number of anilines is 1. The molecule has 0 atom stereocenters. The van der Waals surface area contributed by atoms with Crippen molar-refractivity contribution < 1.29 is 28.2 Å². The average molecular weight is 554 g/mol. The van der Waals surface area contributed by atoms with E-state index >= 15 is 0 Å². The monoisotopic (exact) mass is 553 g/mol. The Bertz CT molecular complexity index is 1450. The summed E-state index contributed by atoms with van der Waals surface area (Å²) < 4.78 is 28.7. The fourth-order valence-corrected chi connectivity index (χ4v) is 4.23. The third-order valence-electron chi connectivity index (χ3n) is 5.25. The van der Waals surface area contributed by atoms with Crippen LogP contribution in [0.25, 0.3) is 22.3 Å². The van der Waals surface area contributed by atoms with Crippen molar-refractivity contribution in [3.8, 4) is 34.3 Å². The summed E-state index contributed by atoms with van der Waals surface area (Å²) in [5.74, 6) is 1.25. The Kier molecular flexibility index (Phi) is 7.80. The molecule has 0 radical (unpaired) electrons. The molecule has 1 heterocycles. The molecule has 0 saturated carbocycles. The normalized spacial score (nSPS) is 10.7. The van der Waals surface area contributed by atoms with Crippen LogP contribution < -0.4 is 29.7 Å². The van der Waals surface area contributed by atoms with E-state index < -0.39 is 17.9 Å². The van der Waals surface area contributed by atoms with E-state index in [2.05, 4.69) is 21.2 Å². The van der Waals surface area contributed by atoms with E-state index in [1.54, 1.807) is 60.7 Å². The first kappa shape index (κ1) is 25.1. The van der Waals surface area contributed by atoms with Crippen LogP contribution in [-0.4, -0.2) is 33.3 Å². The summed E-state index contributed by atoms with van der Waals surface area (Å²) in [6.45, 7) is 2.04. The van der Waals surface area contributed by atoms with Gasteiger partial charge in [-0.1, -0.05) is 12.1 Å². The Labute approximate surface area is 215 Å². The van der Waals surface area contributed by atoms with Gasteiger partial charge in [-0.25, -0.2) is 0 Å². The first-order chi connectivity index (χ1) is 17.4. The molecule has 1 N–H and O–H groups in total. The highest BCUT2D eigenvalue weighted by molar-refractivity contribution is 9.10. The van der Waals surface area contributed by atoms with Gasteiger partial charge >= 0.3 is 0 Å². The van der Waals surface area contributed by atoms with E-state index in [0.29, 0.717) is 50.5 Å². The number of ether oxygens (including phenoxy) is 4. The maximum Gasteiger partial charge on any atom is 0.262 e. The van der Waals surface area contributed by atoms with Crippen molar-refractivity contribution in [2.45, 2.75) is 6.92 Å². The lowest BCUT2D eigenvalue weighted by Crippen LogP contribution is -2.22. The lowest BCUT2D eigenvalue weighted by molar-refractivity contribution is -0.118. The van der Waals surface area contributed by atoms with Crippen LogP contribution in [0.4, 0.5) is 5.69 Å². The van der Waals surface area contributed by atoms with Crippen molar-refractivity contribution in [1.82, 2.24) is 0 Å². The summed E-state index contributed by atoms with van der Waals surface area (Å²) in [6.07, 6.45) is 0. The minimum Gasteiger partial charge on any atom is -0.494 e. The van der Waals surface area contributed by atoms with Gasteiger partial charge in [0.05, 0.1) is 30.7 Å². The van der Waals surface area contributed by atoms with Gasteiger partial charge in [-0.3, -0.25) is 9.59 Å². The first-order valence-electron chi connectivity index (χ1n) is 11.1. The molecule has 0 bridgehead atoms. The third-order valence-corrected chi connectivity index (χ3v) is 5.84. The lowest BCUT2D eigenvalue weighted by Gasteiger charge is -2.15. The summed E-state index contributed by atoms with van der Waals surface area (Å²) in [5, 5.41) is 3.08. The van der Waals surface area contributed by atoms with Crippen molar-refractivity contribution in [3.05, 3.63) is 75.4 Å². The van der Waals surface area contributed by atoms with Gasteiger partial charge in [-0.15, -0.1) is 0 Å². The third kappa shape index (κ3) is 5.31. The second-order valence-corrected chi connectivity index (χ2v) is 8.43. The van der Waals surface area contributed by atoms with Gasteiger partial charge in [0.1, 0.15) is 11.3 Å². The second-order valence-electron chi connectivity index (χ2n) is 7.57. The molecule has 1 amide bonds. The van der Waals surface area contributed by atoms with E-state index in [1.807, 2.05) is 6.92 Å². The van der Waals surface area contributed by atoms with Crippen LogP contribution >= 0.6 is 15.9 Å². The molecule has 186 valence electrons. The van der Waals surface area contributed by atoms with Gasteiger partial charge in [0.25, 0.3) is 5.91 Å². The van der Waals surface area contributed by atoms with Crippen LogP contribution in [0.2, 0.25) is 0 Å². The van der Waals surface area contributed by atoms with Gasteiger partial charge in [-0.05, 0) is 71.4 Å². The summed E-state index contributed by atoms with van der Waals surface area (Å²) in [6, 6.07) is 17.2. The summed E-state index contributed by atoms with van der Waals surface area (Å²) in [7, 11) is 3.03. The Morgan fingerprint density at radius 2 is 1.72 bits per heavy atom. The van der Waals surface area contributed by atoms with Crippen LogP contribution in [0, 0.1) is 0 Å². The molecule has 4 rings (SSSR count). The zero-order valence-electron chi connectivity index (χ0n) is 19.9. The maximum absolute atomic E-state index is 13.4. The minimum atomic E-state index is -0.439. The Hall–Kier alpha value is -3.98. The van der Waals surface area contributed by atoms with Crippen molar-refractivity contribution in [2.75, 3.05) is 32.8 Å². The predicted octanol–water partition coefficient (Wildman–Crippen LogP) is 5.66. The summed E-state index contributed by atoms with van der Waals surface area (Å²) >= 11 is 3.46. The van der Waals surface area contributed by atoms with Gasteiger partial charge in [-0.2, -0.15) is 0 Å². The molecule has 1 aromatic heterocycles. The zero-order valence-corrected chi connectivity index (χ0v) is 21.5. The van der Waals surface area contributed by atoms with E-state index in [-0.39, 0.29) is 11.5 Å². The number of hydrogen-bond acceptors (Lipinski definition) is 7. The van der Waals surface area contributed by atoms with Crippen LogP contribution in [-0.2, 0) is 4.79 Å². The molecule has 3 aromatic carbocycles. The number of amides is 1. The van der Waals surface area contributed by atoms with E-state index in [9.17, 15) is 9.59 Å². The second kappa shape index (κ2) is 11.2. The van der Waals surface area contributed by atoms with Gasteiger partial charge < -0.3 is 28.7 Å². The molecule has 0 aliphatic carbocycles. The number of hydrogen-bond donors (Lipinski definition) is 1. The van der Waals surface area contributed by atoms with E-state index in [1.165, 1.54) is 14.2 Å². The molecule has 9 heteroatoms. The van der Waals surface area contributed by atoms with Crippen molar-refractivity contribution >= 4 is 38.5 Å². The Morgan fingerprint density at radius 1 is 0.972 bits per heavy atom. The van der Waals surface area contributed by atoms with Crippen LogP contribution in [0.3, 0.4) is 0 Å². The molecular formula is C27H24BrNO7. The summed E-state index contributed by atoms with van der Waals surface area (Å²) in [4.78, 5) is 26.0. The number of para-hydroxylation sites is 1. The van der Waals surface area contributed by atoms with Gasteiger partial charge in [0.15, 0.2) is 23.9 Å². The molecule has 0 fully saturated rings. The molecule has 0 aliphatic rings. The fourth-order valence-electron chi connectivity index (χ4n) is 3.63. The molecule has 0 unspecified atom stereocenters. The number of rotatable bonds is 9. The van der Waals surface area contributed by atoms with Gasteiger partial charge in [0.2, 0.25) is 11.2 Å². The maximum atomic E-state index is 13.4. The van der Waals surface area contributed by atoms with Crippen LogP contribution in [0.5, 0.6) is 23.0 Å². The average Bonchev–Trinajstić information content (AvgIpc) is 2.88. The molecule has 0 spiro atoms. The van der Waals surface area contributed by atoms with Crippen molar-refractivity contribution in [2.24, 2.45) is 0 Å². The fraction of sp³-hybridized carbons (Fsp3) is 0.185. The van der Waals surface area contributed by atoms with Crippen LogP contribution in [0.15, 0.2) is 74.3 Å². The van der Waals surface area contributed by atoms with Crippen LogP contribution in [0.1, 0.15) is 6.92 Å². The number of carbonyl (C=O) groups excluding carboxylic acids is 1. The Morgan fingerprint density at radius 3 is 2.42 bits per heavy atom. The lowest BCUT2D eigenvalue weighted by atomic mass is 10.1. The SMILES string of the molecule is CCOc1ccc(NC(=O)COc2c(-c3cc(Br)c(OC)c(OC)c3)oc3ccccc3c2=O)cc1. The van der Waals surface area contributed by atoms with Gasteiger partial charge in [0, 0.05) is 11.3 Å². The summed E-state index contributed by atoms with van der Waals surface area (Å²) in [5.41, 5.74) is 1.06. The Balaban J connectivity index is 1.67. The largest absolute Gasteiger partial charge is 0.494 e. The highest BCUT2D eigenvalue weighted by Crippen LogP contribution is 2.41. The first-order valence-corrected chi connectivity index (χ1v) is 11.9. The minimum absolute atomic E-state index is 0.0883. The number of benzene rings is 3. The van der Waals surface area contributed by atoms with Crippen molar-refractivity contribution in [3.63, 3.8) is 0 Å². The quantitative estimate of drug-likeness (QED) is 0.286. The number of fused-ring (bicyclic) bond motifs is 1. The molecule has 8 nitrogen and oxygen atoms in total. The smallest absolute Gasteiger partial charge is 0.262 e. The molecule has 4 aromatic rings. The number of carbonyl (C=O) groups is 1. The highest BCUT2D eigenvalue weighted by Gasteiger charge is 2.21. The van der Waals surface area contributed by atoms with E-state index in [0.717, 1.165) is 0 Å². The predicted molar refractivity (Wildman–Crippen MR) is 140 cm³/mol. The molecule has 0 aliphatic heterocycles. The molecule has 0 saturated heterocycles.